The maximum absolute atomic E-state index is 9.37. The van der Waals surface area contributed by atoms with Crippen LogP contribution in [0.25, 0.3) is 0 Å². The molecule has 2 N–H and O–H groups in total. The number of rotatable bonds is 14. The quantitative estimate of drug-likeness (QED) is 0.170. The minimum atomic E-state index is -5.31. The number of para-hydroxylation sites is 2. The summed E-state index contributed by atoms with van der Waals surface area (Å²) >= 11 is 0. The van der Waals surface area contributed by atoms with Crippen LogP contribution in [0.4, 0.5) is 0 Å². The van der Waals surface area contributed by atoms with Crippen LogP contribution >= 0.6 is 0 Å². The van der Waals surface area contributed by atoms with Gasteiger partial charge >= 0.3 is 18.3 Å². The van der Waals surface area contributed by atoms with Gasteiger partial charge < -0.3 is 4.74 Å². The maximum atomic E-state index is 9.37. The normalized spacial score (nSPS) is 11.5. The van der Waals surface area contributed by atoms with Gasteiger partial charge in [-0.3, -0.25) is 9.11 Å². The summed E-state index contributed by atoms with van der Waals surface area (Å²) in [5, 5.41) is 0. The van der Waals surface area contributed by atoms with Gasteiger partial charge in [-0.05, 0) is 36.6 Å². The zero-order valence-electron chi connectivity index (χ0n) is 19.2. The predicted molar refractivity (Wildman–Crippen MR) is 132 cm³/mol. The fourth-order valence-corrected chi connectivity index (χ4v) is 3.23. The Bertz CT molecular complexity index is 958. The number of benzene rings is 2. The Morgan fingerprint density at radius 1 is 0.636 bits per heavy atom. The summed E-state index contributed by atoms with van der Waals surface area (Å²) in [4.78, 5) is 0. The Morgan fingerprint density at radius 3 is 1.61 bits per heavy atom. The van der Waals surface area contributed by atoms with Gasteiger partial charge in [-0.15, -0.1) is 0 Å². The molecule has 0 amide bonds. The number of hydrogen-bond acceptors (Lipinski definition) is 5. The average molecular weight is 501 g/mol. The molecule has 186 valence electrons. The van der Waals surface area contributed by atoms with Gasteiger partial charge in [0.15, 0.2) is 0 Å². The molecule has 9 heteroatoms. The molecule has 0 spiro atoms. The monoisotopic (exact) mass is 500 g/mol. The van der Waals surface area contributed by atoms with E-state index >= 15 is 0 Å². The maximum Gasteiger partial charge on any atom is 0.397 e. The Kier molecular flexibility index (Phi) is 13.9. The Balaban J connectivity index is 0.000000582. The molecule has 0 aromatic heterocycles. The van der Waals surface area contributed by atoms with E-state index in [0.717, 1.165) is 17.9 Å². The van der Waals surface area contributed by atoms with Crippen LogP contribution < -0.4 is 4.74 Å². The molecular weight excluding hydrogens is 464 g/mol. The molecule has 0 atom stereocenters. The lowest BCUT2D eigenvalue weighted by molar-refractivity contribution is 0.460. The van der Waals surface area contributed by atoms with Gasteiger partial charge in [0, 0.05) is 0 Å². The first-order valence-electron chi connectivity index (χ1n) is 11.4. The molecule has 33 heavy (non-hydrogen) atoms. The second-order valence-electron chi connectivity index (χ2n) is 7.81. The SMILES string of the molecule is CCCCCCCCCCCCc1ccccc1Oc1ccccc1.O=S(=O)(O)S(=O)(=O)O. The highest BCUT2D eigenvalue weighted by atomic mass is 33.2. The molecule has 0 saturated carbocycles. The highest BCUT2D eigenvalue weighted by Crippen LogP contribution is 2.26. The molecule has 2 aromatic rings. The minimum Gasteiger partial charge on any atom is -0.457 e. The van der Waals surface area contributed by atoms with Crippen LogP contribution in [0, 0.1) is 0 Å². The molecule has 0 bridgehead atoms. The van der Waals surface area contributed by atoms with Gasteiger partial charge in [-0.1, -0.05) is 101 Å². The van der Waals surface area contributed by atoms with Gasteiger partial charge in [0.2, 0.25) is 0 Å². The van der Waals surface area contributed by atoms with E-state index in [9.17, 15) is 16.8 Å². The molecule has 0 saturated heterocycles. The van der Waals surface area contributed by atoms with Crippen molar-refractivity contribution in [3.63, 3.8) is 0 Å². The summed E-state index contributed by atoms with van der Waals surface area (Å²) in [6.07, 6.45) is 14.9. The number of aryl methyl sites for hydroxylation is 1. The Labute approximate surface area is 198 Å². The van der Waals surface area contributed by atoms with E-state index in [1.54, 1.807) is 0 Å². The van der Waals surface area contributed by atoms with Crippen LogP contribution in [0.15, 0.2) is 54.6 Å². The summed E-state index contributed by atoms with van der Waals surface area (Å²) < 4.78 is 58.5. The van der Waals surface area contributed by atoms with Crippen LogP contribution in [0.1, 0.15) is 76.7 Å². The topological polar surface area (TPSA) is 118 Å². The molecule has 0 heterocycles. The van der Waals surface area contributed by atoms with E-state index in [0.29, 0.717) is 0 Å². The highest BCUT2D eigenvalue weighted by Gasteiger charge is 2.22. The number of unbranched alkanes of at least 4 members (excludes halogenated alkanes) is 9. The summed E-state index contributed by atoms with van der Waals surface area (Å²) in [7, 11) is -10.6. The lowest BCUT2D eigenvalue weighted by atomic mass is 10.0. The number of hydrogen-bond donors (Lipinski definition) is 2. The van der Waals surface area contributed by atoms with Crippen molar-refractivity contribution in [2.45, 2.75) is 77.6 Å². The first-order valence-corrected chi connectivity index (χ1v) is 14.8. The van der Waals surface area contributed by atoms with Crippen molar-refractivity contribution in [1.82, 2.24) is 0 Å². The van der Waals surface area contributed by atoms with Crippen molar-refractivity contribution < 1.29 is 30.7 Å². The molecule has 0 radical (unpaired) electrons. The van der Waals surface area contributed by atoms with E-state index in [1.165, 1.54) is 69.8 Å². The molecule has 2 aromatic carbocycles. The summed E-state index contributed by atoms with van der Waals surface area (Å²) in [5.41, 5.74) is 1.32. The first-order chi connectivity index (χ1) is 15.6. The third-order valence-electron chi connectivity index (χ3n) is 5.01. The third-order valence-corrected chi connectivity index (χ3v) is 7.14. The zero-order chi connectivity index (χ0) is 24.6. The van der Waals surface area contributed by atoms with Crippen molar-refractivity contribution >= 4 is 18.3 Å². The van der Waals surface area contributed by atoms with Crippen molar-refractivity contribution in [1.29, 1.82) is 0 Å². The van der Waals surface area contributed by atoms with Gasteiger partial charge in [-0.2, -0.15) is 16.8 Å². The summed E-state index contributed by atoms with van der Waals surface area (Å²) in [6.45, 7) is 2.28. The Morgan fingerprint density at radius 2 is 1.09 bits per heavy atom. The van der Waals surface area contributed by atoms with Crippen molar-refractivity contribution in [3.05, 3.63) is 60.2 Å². The zero-order valence-corrected chi connectivity index (χ0v) is 20.9. The molecule has 2 rings (SSSR count). The van der Waals surface area contributed by atoms with E-state index in [1.807, 2.05) is 30.3 Å². The average Bonchev–Trinajstić information content (AvgIpc) is 2.76. The standard InChI is InChI=1S/C24H34O.H2O6S2/c1-2-3-4-5-6-7-8-9-10-12-17-22-18-15-16-21-24(22)25-23-19-13-11-14-20-23;1-7(2,3)8(4,5)6/h11,13-16,18-21H,2-10,12,17H2,1H3;(H,1,2,3)(H,4,5,6). The molecule has 0 unspecified atom stereocenters. The summed E-state index contributed by atoms with van der Waals surface area (Å²) in [5.74, 6) is 1.92. The van der Waals surface area contributed by atoms with Crippen molar-refractivity contribution in [3.8, 4) is 11.5 Å². The molecule has 0 aliphatic carbocycles. The van der Waals surface area contributed by atoms with E-state index in [2.05, 4.69) is 31.2 Å². The molecular formula is C24H36O7S2. The van der Waals surface area contributed by atoms with Crippen LogP contribution in [0.2, 0.25) is 0 Å². The van der Waals surface area contributed by atoms with Gasteiger partial charge in [0.25, 0.3) is 0 Å². The van der Waals surface area contributed by atoms with Gasteiger partial charge in [-0.25, -0.2) is 0 Å². The van der Waals surface area contributed by atoms with E-state index in [-0.39, 0.29) is 0 Å². The van der Waals surface area contributed by atoms with E-state index in [4.69, 9.17) is 13.8 Å². The fraction of sp³-hybridized carbons (Fsp3) is 0.500. The van der Waals surface area contributed by atoms with Gasteiger partial charge in [0.1, 0.15) is 11.5 Å². The lowest BCUT2D eigenvalue weighted by Crippen LogP contribution is -2.11. The van der Waals surface area contributed by atoms with E-state index < -0.39 is 18.3 Å². The second kappa shape index (κ2) is 15.8. The van der Waals surface area contributed by atoms with Gasteiger partial charge in [0.05, 0.1) is 0 Å². The fourth-order valence-electron chi connectivity index (χ4n) is 3.23. The first kappa shape index (κ1) is 29.1. The second-order valence-corrected chi connectivity index (χ2v) is 12.0. The minimum absolute atomic E-state index is 0.915. The largest absolute Gasteiger partial charge is 0.457 e. The Hall–Kier alpha value is -1.94. The molecule has 0 fully saturated rings. The van der Waals surface area contributed by atoms with Crippen LogP contribution in [0.3, 0.4) is 0 Å². The smallest absolute Gasteiger partial charge is 0.397 e. The predicted octanol–water partition coefficient (Wildman–Crippen LogP) is 6.62. The third kappa shape index (κ3) is 13.4. The van der Waals surface area contributed by atoms with Crippen LogP contribution in [0.5, 0.6) is 11.5 Å². The molecule has 0 aliphatic rings. The van der Waals surface area contributed by atoms with Crippen molar-refractivity contribution in [2.75, 3.05) is 0 Å². The molecule has 7 nitrogen and oxygen atoms in total. The molecule has 0 aliphatic heterocycles. The number of ether oxygens (including phenoxy) is 1. The van der Waals surface area contributed by atoms with Crippen LogP contribution in [-0.2, 0) is 24.7 Å². The summed E-state index contributed by atoms with van der Waals surface area (Å²) in [6, 6.07) is 18.5. The van der Waals surface area contributed by atoms with Crippen LogP contribution in [-0.4, -0.2) is 25.9 Å². The van der Waals surface area contributed by atoms with Crippen molar-refractivity contribution in [2.24, 2.45) is 0 Å². The lowest BCUT2D eigenvalue weighted by Gasteiger charge is -2.11. The highest BCUT2D eigenvalue weighted by molar-refractivity contribution is 8.62.